The molecule has 0 aliphatic carbocycles. The van der Waals surface area contributed by atoms with E-state index in [2.05, 4.69) is 0 Å². The van der Waals surface area contributed by atoms with Crippen molar-refractivity contribution >= 4 is 5.91 Å². The monoisotopic (exact) mass is 315 g/mol. The molecule has 1 saturated heterocycles. The summed E-state index contributed by atoms with van der Waals surface area (Å²) in [7, 11) is 1.76. The zero-order valence-corrected chi connectivity index (χ0v) is 13.2. The van der Waals surface area contributed by atoms with Crippen LogP contribution in [0.5, 0.6) is 5.75 Å². The summed E-state index contributed by atoms with van der Waals surface area (Å²) in [6, 6.07) is 10.9. The fourth-order valence-electron chi connectivity index (χ4n) is 2.59. The van der Waals surface area contributed by atoms with Crippen LogP contribution in [0.4, 0.5) is 0 Å². The lowest BCUT2D eigenvalue weighted by molar-refractivity contribution is 0.0679. The molecule has 1 aromatic heterocycles. The first kappa shape index (κ1) is 15.6. The molecule has 0 saturated carbocycles. The maximum atomic E-state index is 12.4. The minimum Gasteiger partial charge on any atom is -0.491 e. The second-order valence-electron chi connectivity index (χ2n) is 5.71. The first-order valence-corrected chi connectivity index (χ1v) is 7.84. The van der Waals surface area contributed by atoms with Crippen molar-refractivity contribution in [3.8, 4) is 5.75 Å². The Kier molecular flexibility index (Phi) is 4.98. The quantitative estimate of drug-likeness (QED) is 0.822. The highest BCUT2D eigenvalue weighted by Crippen LogP contribution is 2.17. The highest BCUT2D eigenvalue weighted by Gasteiger charge is 2.16. The molecular formula is C18H21NO4. The minimum absolute atomic E-state index is 0.0490. The molecule has 1 amide bonds. The number of hydrogen-bond donors (Lipinski definition) is 0. The first-order valence-electron chi connectivity index (χ1n) is 7.84. The summed E-state index contributed by atoms with van der Waals surface area (Å²) in [4.78, 5) is 14.0. The Balaban J connectivity index is 1.54. The van der Waals surface area contributed by atoms with E-state index in [-0.39, 0.29) is 12.0 Å². The van der Waals surface area contributed by atoms with Crippen molar-refractivity contribution in [2.75, 3.05) is 20.3 Å². The second-order valence-corrected chi connectivity index (χ2v) is 5.71. The van der Waals surface area contributed by atoms with E-state index in [0.29, 0.717) is 18.7 Å². The van der Waals surface area contributed by atoms with Gasteiger partial charge in [0, 0.05) is 19.2 Å². The lowest BCUT2D eigenvalue weighted by atomic mass is 10.2. The number of carbonyl (C=O) groups is 1. The third kappa shape index (κ3) is 4.13. The number of ether oxygens (including phenoxy) is 2. The predicted molar refractivity (Wildman–Crippen MR) is 85.4 cm³/mol. The molecule has 0 radical (unpaired) electrons. The van der Waals surface area contributed by atoms with Gasteiger partial charge in [-0.3, -0.25) is 4.79 Å². The Labute approximate surface area is 135 Å². The fourth-order valence-corrected chi connectivity index (χ4v) is 2.59. The van der Waals surface area contributed by atoms with E-state index in [1.165, 1.54) is 0 Å². The Morgan fingerprint density at radius 3 is 2.78 bits per heavy atom. The lowest BCUT2D eigenvalue weighted by Crippen LogP contribution is -2.25. The predicted octanol–water partition coefficient (Wildman–Crippen LogP) is 3.11. The average molecular weight is 315 g/mol. The van der Waals surface area contributed by atoms with Gasteiger partial charge in [-0.1, -0.05) is 0 Å². The molecule has 1 aromatic carbocycles. The largest absolute Gasteiger partial charge is 0.491 e. The lowest BCUT2D eigenvalue weighted by Gasteiger charge is -2.16. The van der Waals surface area contributed by atoms with Crippen molar-refractivity contribution in [1.29, 1.82) is 0 Å². The third-order valence-corrected chi connectivity index (χ3v) is 3.88. The number of carbonyl (C=O) groups excluding carboxylic acids is 1. The van der Waals surface area contributed by atoms with E-state index in [1.54, 1.807) is 30.3 Å². The highest BCUT2D eigenvalue weighted by atomic mass is 16.5. The Bertz CT molecular complexity index is 615. The molecule has 3 rings (SSSR count). The van der Waals surface area contributed by atoms with Crippen LogP contribution in [-0.4, -0.2) is 37.2 Å². The van der Waals surface area contributed by atoms with Gasteiger partial charge in [0.1, 0.15) is 18.1 Å². The Hall–Kier alpha value is -2.27. The van der Waals surface area contributed by atoms with Crippen LogP contribution >= 0.6 is 0 Å². The number of benzene rings is 1. The Morgan fingerprint density at radius 2 is 2.13 bits per heavy atom. The fraction of sp³-hybridized carbons (Fsp3) is 0.389. The van der Waals surface area contributed by atoms with Crippen LogP contribution in [0.15, 0.2) is 47.1 Å². The molecule has 122 valence electrons. The smallest absolute Gasteiger partial charge is 0.254 e. The van der Waals surface area contributed by atoms with Gasteiger partial charge in [0.25, 0.3) is 5.91 Å². The van der Waals surface area contributed by atoms with Crippen LogP contribution < -0.4 is 4.74 Å². The van der Waals surface area contributed by atoms with Crippen LogP contribution in [-0.2, 0) is 11.3 Å². The average Bonchev–Trinajstić information content (AvgIpc) is 3.26. The van der Waals surface area contributed by atoms with Gasteiger partial charge >= 0.3 is 0 Å². The minimum atomic E-state index is -0.0490. The van der Waals surface area contributed by atoms with Gasteiger partial charge in [-0.25, -0.2) is 0 Å². The Morgan fingerprint density at radius 1 is 1.30 bits per heavy atom. The zero-order chi connectivity index (χ0) is 16.1. The molecule has 5 nitrogen and oxygen atoms in total. The van der Waals surface area contributed by atoms with Crippen molar-refractivity contribution in [3.05, 3.63) is 54.0 Å². The highest BCUT2D eigenvalue weighted by molar-refractivity contribution is 5.94. The molecule has 1 unspecified atom stereocenters. The first-order chi connectivity index (χ1) is 11.2. The summed E-state index contributed by atoms with van der Waals surface area (Å²) < 4.78 is 16.5. The normalized spacial score (nSPS) is 17.2. The topological polar surface area (TPSA) is 51.9 Å². The molecule has 0 spiro atoms. The maximum Gasteiger partial charge on any atom is 0.254 e. The molecule has 1 aliphatic rings. The van der Waals surface area contributed by atoms with E-state index in [4.69, 9.17) is 13.9 Å². The van der Waals surface area contributed by atoms with Gasteiger partial charge in [0.05, 0.1) is 18.9 Å². The molecule has 1 fully saturated rings. The second kappa shape index (κ2) is 7.33. The van der Waals surface area contributed by atoms with Gasteiger partial charge in [-0.15, -0.1) is 0 Å². The summed E-state index contributed by atoms with van der Waals surface area (Å²) in [5, 5.41) is 0. The molecule has 1 atom stereocenters. The number of amides is 1. The van der Waals surface area contributed by atoms with Crippen molar-refractivity contribution in [1.82, 2.24) is 4.90 Å². The molecular weight excluding hydrogens is 294 g/mol. The zero-order valence-electron chi connectivity index (χ0n) is 13.2. The molecule has 2 aromatic rings. The van der Waals surface area contributed by atoms with E-state index >= 15 is 0 Å². The maximum absolute atomic E-state index is 12.4. The third-order valence-electron chi connectivity index (χ3n) is 3.88. The number of nitrogens with zero attached hydrogens (tertiary/aromatic N) is 1. The molecule has 2 heterocycles. The van der Waals surface area contributed by atoms with Gasteiger partial charge in [0.15, 0.2) is 0 Å². The molecule has 23 heavy (non-hydrogen) atoms. The standard InChI is InChI=1S/C18H21NO4/c1-19(12-16-4-2-10-21-16)18(20)14-6-8-15(9-7-14)23-13-17-5-3-11-22-17/h2,4,6-10,17H,3,5,11-13H2,1H3. The van der Waals surface area contributed by atoms with Crippen molar-refractivity contribution in [2.24, 2.45) is 0 Å². The summed E-state index contributed by atoms with van der Waals surface area (Å²) in [5.74, 6) is 1.47. The van der Waals surface area contributed by atoms with Crippen LogP contribution in [0.3, 0.4) is 0 Å². The summed E-state index contributed by atoms with van der Waals surface area (Å²) in [6.45, 7) is 1.83. The summed E-state index contributed by atoms with van der Waals surface area (Å²) in [5.41, 5.74) is 0.628. The van der Waals surface area contributed by atoms with Gasteiger partial charge in [-0.2, -0.15) is 0 Å². The molecule has 0 bridgehead atoms. The van der Waals surface area contributed by atoms with E-state index < -0.39 is 0 Å². The SMILES string of the molecule is CN(Cc1ccco1)C(=O)c1ccc(OCC2CCCO2)cc1. The van der Waals surface area contributed by atoms with Crippen LogP contribution in [0, 0.1) is 0 Å². The number of hydrogen-bond acceptors (Lipinski definition) is 4. The van der Waals surface area contributed by atoms with Crippen LogP contribution in [0.2, 0.25) is 0 Å². The molecule has 0 N–H and O–H groups in total. The van der Waals surface area contributed by atoms with E-state index in [1.807, 2.05) is 24.3 Å². The van der Waals surface area contributed by atoms with E-state index in [9.17, 15) is 4.79 Å². The van der Waals surface area contributed by atoms with Gasteiger partial charge in [0.2, 0.25) is 0 Å². The van der Waals surface area contributed by atoms with Crippen molar-refractivity contribution in [3.63, 3.8) is 0 Å². The molecule has 1 aliphatic heterocycles. The number of furan rings is 1. The summed E-state index contributed by atoms with van der Waals surface area (Å²) >= 11 is 0. The van der Waals surface area contributed by atoms with Crippen molar-refractivity contribution in [2.45, 2.75) is 25.5 Å². The van der Waals surface area contributed by atoms with E-state index in [0.717, 1.165) is 31.0 Å². The van der Waals surface area contributed by atoms with Gasteiger partial charge < -0.3 is 18.8 Å². The number of rotatable bonds is 6. The molecule has 5 heteroatoms. The van der Waals surface area contributed by atoms with Crippen LogP contribution in [0.1, 0.15) is 29.0 Å². The van der Waals surface area contributed by atoms with Crippen molar-refractivity contribution < 1.29 is 18.7 Å². The van der Waals surface area contributed by atoms with Gasteiger partial charge in [-0.05, 0) is 49.2 Å². The summed E-state index contributed by atoms with van der Waals surface area (Å²) in [6.07, 6.45) is 3.95. The van der Waals surface area contributed by atoms with Crippen LogP contribution in [0.25, 0.3) is 0 Å².